The van der Waals surface area contributed by atoms with E-state index >= 15 is 0 Å². The first-order chi connectivity index (χ1) is 12.3. The standard InChI is InChI=1S/C18H15F3N4O/c19-18(20,21)13-4-6-14(7-5-13)24-17(26)25-15-3-1-2-11(8-15)12-9-16(22)23-10-12/h1-8,10H,9H2,(H2,22,23)(H2,24,25,26). The van der Waals surface area contributed by atoms with Gasteiger partial charge in [-0.15, -0.1) is 0 Å². The Bertz CT molecular complexity index is 886. The summed E-state index contributed by atoms with van der Waals surface area (Å²) in [7, 11) is 0. The quantitative estimate of drug-likeness (QED) is 0.756. The van der Waals surface area contributed by atoms with E-state index in [0.29, 0.717) is 17.9 Å². The van der Waals surface area contributed by atoms with E-state index < -0.39 is 17.8 Å². The Morgan fingerprint density at radius 2 is 1.73 bits per heavy atom. The maximum atomic E-state index is 12.5. The van der Waals surface area contributed by atoms with Gasteiger partial charge >= 0.3 is 12.2 Å². The summed E-state index contributed by atoms with van der Waals surface area (Å²) < 4.78 is 37.6. The van der Waals surface area contributed by atoms with Crippen molar-refractivity contribution in [2.24, 2.45) is 10.7 Å². The molecule has 0 bridgehead atoms. The minimum absolute atomic E-state index is 0.256. The van der Waals surface area contributed by atoms with Crippen LogP contribution in [0.15, 0.2) is 59.7 Å². The first kappa shape index (κ1) is 17.5. The molecule has 0 aromatic heterocycles. The fourth-order valence-electron chi connectivity index (χ4n) is 2.46. The van der Waals surface area contributed by atoms with Gasteiger partial charge in [0, 0.05) is 24.0 Å². The molecule has 2 amide bonds. The van der Waals surface area contributed by atoms with Gasteiger partial charge in [-0.1, -0.05) is 12.1 Å². The largest absolute Gasteiger partial charge is 0.416 e. The number of hydrogen-bond donors (Lipinski definition) is 3. The molecule has 4 N–H and O–H groups in total. The van der Waals surface area contributed by atoms with Crippen molar-refractivity contribution in [3.8, 4) is 0 Å². The van der Waals surface area contributed by atoms with Crippen molar-refractivity contribution in [3.63, 3.8) is 0 Å². The second kappa shape index (κ2) is 6.91. The molecule has 2 aromatic carbocycles. The van der Waals surface area contributed by atoms with Crippen molar-refractivity contribution in [2.45, 2.75) is 12.6 Å². The number of hydrogen-bond acceptors (Lipinski definition) is 3. The summed E-state index contributed by atoms with van der Waals surface area (Å²) in [6.45, 7) is 0. The molecular weight excluding hydrogens is 345 g/mol. The number of aliphatic imine (C=N–C) groups is 1. The molecule has 0 aliphatic carbocycles. The molecule has 0 spiro atoms. The maximum Gasteiger partial charge on any atom is 0.416 e. The van der Waals surface area contributed by atoms with Crippen LogP contribution in [0.4, 0.5) is 29.3 Å². The number of amidine groups is 1. The predicted molar refractivity (Wildman–Crippen MR) is 94.7 cm³/mol. The van der Waals surface area contributed by atoms with Gasteiger partial charge in [0.15, 0.2) is 0 Å². The van der Waals surface area contributed by atoms with Gasteiger partial charge < -0.3 is 16.4 Å². The summed E-state index contributed by atoms with van der Waals surface area (Å²) in [5, 5.41) is 5.13. The number of nitrogens with zero attached hydrogens (tertiary/aromatic N) is 1. The van der Waals surface area contributed by atoms with Crippen molar-refractivity contribution in [1.82, 2.24) is 0 Å². The normalized spacial score (nSPS) is 13.8. The monoisotopic (exact) mass is 360 g/mol. The average Bonchev–Trinajstić information content (AvgIpc) is 3.01. The molecule has 0 atom stereocenters. The molecule has 134 valence electrons. The van der Waals surface area contributed by atoms with Crippen LogP contribution in [-0.2, 0) is 6.18 Å². The van der Waals surface area contributed by atoms with Gasteiger partial charge in [-0.3, -0.25) is 0 Å². The summed E-state index contributed by atoms with van der Waals surface area (Å²) in [5.74, 6) is 0.526. The zero-order valence-corrected chi connectivity index (χ0v) is 13.5. The zero-order chi connectivity index (χ0) is 18.7. The van der Waals surface area contributed by atoms with Crippen LogP contribution in [-0.4, -0.2) is 11.9 Å². The Hall–Kier alpha value is -3.29. The number of alkyl halides is 3. The Kier molecular flexibility index (Phi) is 4.66. The predicted octanol–water partition coefficient (Wildman–Crippen LogP) is 4.45. The number of carbonyl (C=O) groups is 1. The SMILES string of the molecule is NC1=NC=C(c2cccc(NC(=O)Nc3ccc(C(F)(F)F)cc3)c2)C1. The van der Waals surface area contributed by atoms with Crippen molar-refractivity contribution < 1.29 is 18.0 Å². The van der Waals surface area contributed by atoms with Crippen LogP contribution in [0.25, 0.3) is 5.57 Å². The number of anilines is 2. The van der Waals surface area contributed by atoms with Crippen LogP contribution in [0.2, 0.25) is 0 Å². The van der Waals surface area contributed by atoms with Gasteiger partial charge in [0.2, 0.25) is 0 Å². The molecule has 26 heavy (non-hydrogen) atoms. The van der Waals surface area contributed by atoms with E-state index in [0.717, 1.165) is 23.3 Å². The summed E-state index contributed by atoms with van der Waals surface area (Å²) in [4.78, 5) is 16.1. The number of rotatable bonds is 3. The second-order valence-corrected chi connectivity index (χ2v) is 5.69. The minimum Gasteiger partial charge on any atom is -0.387 e. The second-order valence-electron chi connectivity index (χ2n) is 5.69. The lowest BCUT2D eigenvalue weighted by Gasteiger charge is -2.11. The van der Waals surface area contributed by atoms with Gasteiger partial charge in [-0.2, -0.15) is 13.2 Å². The van der Waals surface area contributed by atoms with Crippen LogP contribution in [0.5, 0.6) is 0 Å². The van der Waals surface area contributed by atoms with E-state index in [1.807, 2.05) is 6.07 Å². The van der Waals surface area contributed by atoms with Crippen LogP contribution in [0, 0.1) is 0 Å². The zero-order valence-electron chi connectivity index (χ0n) is 13.5. The lowest BCUT2D eigenvalue weighted by molar-refractivity contribution is -0.137. The number of nitrogens with one attached hydrogen (secondary N) is 2. The number of halogens is 3. The molecule has 3 rings (SSSR count). The third-order valence-corrected chi connectivity index (χ3v) is 3.72. The highest BCUT2D eigenvalue weighted by Crippen LogP contribution is 2.30. The first-order valence-corrected chi connectivity index (χ1v) is 7.68. The number of benzene rings is 2. The van der Waals surface area contributed by atoms with E-state index in [1.165, 1.54) is 12.1 Å². The maximum absolute atomic E-state index is 12.5. The van der Waals surface area contributed by atoms with Gasteiger partial charge in [-0.25, -0.2) is 9.79 Å². The summed E-state index contributed by atoms with van der Waals surface area (Å²) >= 11 is 0. The number of nitrogens with two attached hydrogens (primary N) is 1. The molecule has 1 aliphatic heterocycles. The fourth-order valence-corrected chi connectivity index (χ4v) is 2.46. The summed E-state index contributed by atoms with van der Waals surface area (Å²) in [5.41, 5.74) is 7.49. The molecule has 1 heterocycles. The molecule has 0 saturated heterocycles. The van der Waals surface area contributed by atoms with E-state index in [-0.39, 0.29) is 5.69 Å². The van der Waals surface area contributed by atoms with Crippen LogP contribution < -0.4 is 16.4 Å². The number of amides is 2. The number of urea groups is 1. The highest BCUT2D eigenvalue weighted by atomic mass is 19.4. The lowest BCUT2D eigenvalue weighted by Crippen LogP contribution is -2.19. The third-order valence-electron chi connectivity index (χ3n) is 3.72. The average molecular weight is 360 g/mol. The van der Waals surface area contributed by atoms with E-state index in [4.69, 9.17) is 5.73 Å². The van der Waals surface area contributed by atoms with Crippen LogP contribution in [0.3, 0.4) is 0 Å². The van der Waals surface area contributed by atoms with Crippen LogP contribution >= 0.6 is 0 Å². The highest BCUT2D eigenvalue weighted by Gasteiger charge is 2.29. The van der Waals surface area contributed by atoms with E-state index in [9.17, 15) is 18.0 Å². The first-order valence-electron chi connectivity index (χ1n) is 7.68. The molecule has 0 unspecified atom stereocenters. The Morgan fingerprint density at radius 1 is 1.04 bits per heavy atom. The molecule has 2 aromatic rings. The highest BCUT2D eigenvalue weighted by molar-refractivity contribution is 6.00. The number of carbonyl (C=O) groups excluding carboxylic acids is 1. The molecule has 0 fully saturated rings. The van der Waals surface area contributed by atoms with Gasteiger partial charge in [0.1, 0.15) is 5.84 Å². The van der Waals surface area contributed by atoms with Crippen LogP contribution in [0.1, 0.15) is 17.5 Å². The molecule has 1 aliphatic rings. The Morgan fingerprint density at radius 3 is 2.35 bits per heavy atom. The topological polar surface area (TPSA) is 79.5 Å². The van der Waals surface area contributed by atoms with E-state index in [2.05, 4.69) is 15.6 Å². The van der Waals surface area contributed by atoms with Crippen molar-refractivity contribution in [3.05, 3.63) is 65.9 Å². The fraction of sp³-hybridized carbons (Fsp3) is 0.111. The summed E-state index contributed by atoms with van der Waals surface area (Å²) in [6.07, 6.45) is -2.19. The van der Waals surface area contributed by atoms with Gasteiger partial charge in [-0.05, 0) is 47.5 Å². The van der Waals surface area contributed by atoms with Crippen molar-refractivity contribution in [1.29, 1.82) is 0 Å². The molecule has 0 radical (unpaired) electrons. The van der Waals surface area contributed by atoms with E-state index in [1.54, 1.807) is 24.4 Å². The molecular formula is C18H15F3N4O. The lowest BCUT2D eigenvalue weighted by atomic mass is 10.0. The Labute approximate surface area is 147 Å². The van der Waals surface area contributed by atoms with Gasteiger partial charge in [0.25, 0.3) is 0 Å². The summed E-state index contributed by atoms with van der Waals surface area (Å²) in [6, 6.07) is 10.8. The Balaban J connectivity index is 1.63. The smallest absolute Gasteiger partial charge is 0.387 e. The molecule has 0 saturated carbocycles. The molecule has 8 heteroatoms. The van der Waals surface area contributed by atoms with Gasteiger partial charge in [0.05, 0.1) is 5.56 Å². The van der Waals surface area contributed by atoms with Crippen molar-refractivity contribution in [2.75, 3.05) is 10.6 Å². The van der Waals surface area contributed by atoms with Crippen molar-refractivity contribution >= 4 is 28.8 Å². The third kappa shape index (κ3) is 4.21. The minimum atomic E-state index is -4.41. The molecule has 5 nitrogen and oxygen atoms in total.